The lowest BCUT2D eigenvalue weighted by Crippen LogP contribution is -2.20. The molecular weight excluding hydrogens is 220 g/mol. The van der Waals surface area contributed by atoms with Crippen LogP contribution in [0.3, 0.4) is 0 Å². The standard InChI is InChI=1S/C13H14O4/c1-6-5-16-13-9-3-8(7(2)14)10(15)4-11(9)17-12(6)13/h3-4,6,12-13,15H,5H2,1-2H3/t6-,12?,13?/m1/s1. The fourth-order valence-corrected chi connectivity index (χ4v) is 2.53. The third-order valence-electron chi connectivity index (χ3n) is 3.47. The first-order valence-corrected chi connectivity index (χ1v) is 5.74. The van der Waals surface area contributed by atoms with Crippen molar-refractivity contribution < 1.29 is 19.4 Å². The van der Waals surface area contributed by atoms with Gasteiger partial charge in [0, 0.05) is 17.5 Å². The topological polar surface area (TPSA) is 55.8 Å². The van der Waals surface area contributed by atoms with Gasteiger partial charge in [0.2, 0.25) is 0 Å². The van der Waals surface area contributed by atoms with Gasteiger partial charge in [-0.3, -0.25) is 4.79 Å². The van der Waals surface area contributed by atoms with Crippen LogP contribution in [0.15, 0.2) is 12.1 Å². The fourth-order valence-electron chi connectivity index (χ4n) is 2.53. The van der Waals surface area contributed by atoms with Gasteiger partial charge in [-0.1, -0.05) is 6.92 Å². The minimum Gasteiger partial charge on any atom is -0.507 e. The Labute approximate surface area is 99.2 Å². The number of benzene rings is 1. The number of Topliss-reactive ketones (excluding diaryl/α,β-unsaturated/α-hetero) is 1. The lowest BCUT2D eigenvalue weighted by Gasteiger charge is -2.11. The van der Waals surface area contributed by atoms with E-state index < -0.39 is 0 Å². The van der Waals surface area contributed by atoms with E-state index in [-0.39, 0.29) is 23.7 Å². The molecule has 0 amide bonds. The van der Waals surface area contributed by atoms with Crippen molar-refractivity contribution in [3.8, 4) is 11.5 Å². The number of ether oxygens (including phenoxy) is 2. The van der Waals surface area contributed by atoms with Gasteiger partial charge >= 0.3 is 0 Å². The van der Waals surface area contributed by atoms with E-state index >= 15 is 0 Å². The SMILES string of the molecule is CC(=O)c1cc2c(cc1O)OC1C2OC[C@H]1C. The molecule has 0 spiro atoms. The molecule has 4 heteroatoms. The van der Waals surface area contributed by atoms with Crippen LogP contribution in [0.4, 0.5) is 0 Å². The quantitative estimate of drug-likeness (QED) is 0.756. The van der Waals surface area contributed by atoms with Crippen LogP contribution in [0.1, 0.15) is 35.9 Å². The van der Waals surface area contributed by atoms with E-state index in [0.29, 0.717) is 23.8 Å². The molecule has 2 aliphatic rings. The van der Waals surface area contributed by atoms with Gasteiger partial charge in [0.1, 0.15) is 23.7 Å². The van der Waals surface area contributed by atoms with Gasteiger partial charge in [0.25, 0.3) is 0 Å². The first kappa shape index (κ1) is 10.6. The van der Waals surface area contributed by atoms with E-state index in [1.165, 1.54) is 13.0 Å². The van der Waals surface area contributed by atoms with Crippen LogP contribution in [0.2, 0.25) is 0 Å². The van der Waals surface area contributed by atoms with Crippen LogP contribution in [0.25, 0.3) is 0 Å². The molecule has 0 bridgehead atoms. The van der Waals surface area contributed by atoms with Gasteiger partial charge in [0.15, 0.2) is 5.78 Å². The molecule has 90 valence electrons. The van der Waals surface area contributed by atoms with Crippen molar-refractivity contribution in [3.05, 3.63) is 23.3 Å². The minimum atomic E-state index is -0.153. The number of aromatic hydroxyl groups is 1. The number of hydrogen-bond acceptors (Lipinski definition) is 4. The van der Waals surface area contributed by atoms with Gasteiger partial charge in [-0.25, -0.2) is 0 Å². The summed E-state index contributed by atoms with van der Waals surface area (Å²) in [6.07, 6.45) is -0.0923. The molecule has 3 atom stereocenters. The molecule has 1 aromatic rings. The zero-order chi connectivity index (χ0) is 12.2. The van der Waals surface area contributed by atoms with Gasteiger partial charge in [0.05, 0.1) is 12.2 Å². The van der Waals surface area contributed by atoms with Crippen LogP contribution in [0, 0.1) is 5.92 Å². The van der Waals surface area contributed by atoms with Crippen molar-refractivity contribution in [3.63, 3.8) is 0 Å². The molecule has 0 aromatic heterocycles. The summed E-state index contributed by atoms with van der Waals surface area (Å²) in [5.74, 6) is 0.785. The number of ketones is 1. The monoisotopic (exact) mass is 234 g/mol. The molecule has 3 rings (SSSR count). The van der Waals surface area contributed by atoms with Crippen LogP contribution >= 0.6 is 0 Å². The zero-order valence-electron chi connectivity index (χ0n) is 9.77. The lowest BCUT2D eigenvalue weighted by molar-refractivity contribution is 0.0790. The van der Waals surface area contributed by atoms with Crippen molar-refractivity contribution in [2.45, 2.75) is 26.1 Å². The Balaban J connectivity index is 2.08. The summed E-state index contributed by atoms with van der Waals surface area (Å²) >= 11 is 0. The van der Waals surface area contributed by atoms with Crippen LogP contribution in [-0.2, 0) is 4.74 Å². The van der Waals surface area contributed by atoms with Gasteiger partial charge in [-0.15, -0.1) is 0 Å². The Bertz CT molecular complexity index is 494. The van der Waals surface area contributed by atoms with E-state index in [1.54, 1.807) is 6.07 Å². The molecule has 2 unspecified atom stereocenters. The first-order valence-electron chi connectivity index (χ1n) is 5.74. The highest BCUT2D eigenvalue weighted by Gasteiger charge is 2.44. The highest BCUT2D eigenvalue weighted by molar-refractivity contribution is 5.97. The second-order valence-corrected chi connectivity index (χ2v) is 4.78. The summed E-state index contributed by atoms with van der Waals surface area (Å²) < 4.78 is 11.4. The molecule has 4 nitrogen and oxygen atoms in total. The second-order valence-electron chi connectivity index (χ2n) is 4.78. The predicted molar refractivity (Wildman–Crippen MR) is 60.4 cm³/mol. The average molecular weight is 234 g/mol. The summed E-state index contributed by atoms with van der Waals surface area (Å²) in [6.45, 7) is 4.18. The summed E-state index contributed by atoms with van der Waals surface area (Å²) in [6, 6.07) is 3.20. The zero-order valence-corrected chi connectivity index (χ0v) is 9.77. The molecule has 0 aliphatic carbocycles. The van der Waals surface area contributed by atoms with Crippen molar-refractivity contribution in [2.24, 2.45) is 5.92 Å². The van der Waals surface area contributed by atoms with Crippen molar-refractivity contribution in [1.82, 2.24) is 0 Å². The third kappa shape index (κ3) is 1.44. The largest absolute Gasteiger partial charge is 0.507 e. The Morgan fingerprint density at radius 2 is 2.24 bits per heavy atom. The third-order valence-corrected chi connectivity index (χ3v) is 3.47. The molecule has 2 aliphatic heterocycles. The number of phenols is 1. The predicted octanol–water partition coefficient (Wildman–Crippen LogP) is 2.06. The molecular formula is C13H14O4. The Kier molecular flexibility index (Phi) is 2.16. The van der Waals surface area contributed by atoms with Crippen LogP contribution in [0.5, 0.6) is 11.5 Å². The molecule has 0 radical (unpaired) electrons. The number of rotatable bonds is 1. The maximum absolute atomic E-state index is 11.4. The summed E-state index contributed by atoms with van der Waals surface area (Å²) in [7, 11) is 0. The smallest absolute Gasteiger partial charge is 0.163 e. The number of fused-ring (bicyclic) bond motifs is 3. The molecule has 1 saturated heterocycles. The fraction of sp³-hybridized carbons (Fsp3) is 0.462. The maximum Gasteiger partial charge on any atom is 0.163 e. The maximum atomic E-state index is 11.4. The Morgan fingerprint density at radius 3 is 2.94 bits per heavy atom. The molecule has 17 heavy (non-hydrogen) atoms. The van der Waals surface area contributed by atoms with Gasteiger partial charge < -0.3 is 14.6 Å². The molecule has 2 heterocycles. The first-order chi connectivity index (χ1) is 8.08. The number of hydrogen-bond donors (Lipinski definition) is 1. The minimum absolute atomic E-state index is 0.00612. The number of carbonyl (C=O) groups is 1. The van der Waals surface area contributed by atoms with E-state index in [9.17, 15) is 9.90 Å². The molecule has 0 saturated carbocycles. The molecule has 1 fully saturated rings. The van der Waals surface area contributed by atoms with E-state index in [0.717, 1.165) is 5.56 Å². The summed E-state index contributed by atoms with van der Waals surface area (Å²) in [5.41, 5.74) is 1.21. The van der Waals surface area contributed by atoms with Crippen molar-refractivity contribution in [2.75, 3.05) is 6.61 Å². The highest BCUT2D eigenvalue weighted by atomic mass is 16.6. The highest BCUT2D eigenvalue weighted by Crippen LogP contribution is 2.47. The van der Waals surface area contributed by atoms with Gasteiger partial charge in [-0.2, -0.15) is 0 Å². The Hall–Kier alpha value is -1.55. The van der Waals surface area contributed by atoms with Crippen molar-refractivity contribution in [1.29, 1.82) is 0 Å². The van der Waals surface area contributed by atoms with E-state index in [1.807, 2.05) is 0 Å². The second kappa shape index (κ2) is 3.47. The average Bonchev–Trinajstić information content (AvgIpc) is 2.77. The van der Waals surface area contributed by atoms with Gasteiger partial charge in [-0.05, 0) is 13.0 Å². The van der Waals surface area contributed by atoms with E-state index in [2.05, 4.69) is 6.92 Å². The summed E-state index contributed by atoms with van der Waals surface area (Å²) in [4.78, 5) is 11.4. The van der Waals surface area contributed by atoms with Crippen LogP contribution in [-0.4, -0.2) is 23.6 Å². The lowest BCUT2D eigenvalue weighted by atomic mass is 9.98. The molecule has 1 N–H and O–H groups in total. The number of phenolic OH excluding ortho intramolecular Hbond substituents is 1. The normalized spacial score (nSPS) is 29.6. The molecule has 1 aromatic carbocycles. The van der Waals surface area contributed by atoms with Crippen LogP contribution < -0.4 is 4.74 Å². The Morgan fingerprint density at radius 1 is 1.47 bits per heavy atom. The summed E-state index contributed by atoms with van der Waals surface area (Å²) in [5, 5.41) is 9.73. The van der Waals surface area contributed by atoms with Crippen molar-refractivity contribution >= 4 is 5.78 Å². The van der Waals surface area contributed by atoms with E-state index in [4.69, 9.17) is 9.47 Å². The number of carbonyl (C=O) groups excluding carboxylic acids is 1.